The molecule has 4 rings (SSSR count). The van der Waals surface area contributed by atoms with Gasteiger partial charge in [-0.2, -0.15) is 0 Å². The van der Waals surface area contributed by atoms with Crippen LogP contribution in [-0.4, -0.2) is 26.9 Å². The van der Waals surface area contributed by atoms with E-state index in [1.54, 1.807) is 28.7 Å². The van der Waals surface area contributed by atoms with Crippen LogP contribution in [0.4, 0.5) is 17.1 Å². The molecule has 0 radical (unpaired) electrons. The fourth-order valence-corrected chi connectivity index (χ4v) is 3.79. The quantitative estimate of drug-likeness (QED) is 0.457. The molecule has 2 aromatic heterocycles. The number of carbonyl (C=O) groups is 1. The topological polar surface area (TPSA) is 71.0 Å². The van der Waals surface area contributed by atoms with E-state index in [-0.39, 0.29) is 11.9 Å². The van der Waals surface area contributed by atoms with Crippen LogP contribution in [0.1, 0.15) is 24.3 Å². The first kappa shape index (κ1) is 19.7. The van der Waals surface area contributed by atoms with Crippen LogP contribution in [0.3, 0.4) is 0 Å². The van der Waals surface area contributed by atoms with Gasteiger partial charge < -0.3 is 10.2 Å². The Morgan fingerprint density at radius 1 is 0.933 bits per heavy atom. The van der Waals surface area contributed by atoms with E-state index in [9.17, 15) is 4.79 Å². The number of nitrogens with one attached hydrogen (secondary N) is 1. The molecule has 0 bridgehead atoms. The first-order chi connectivity index (χ1) is 14.6. The molecule has 2 aromatic carbocycles. The molecule has 0 saturated carbocycles. The SMILES string of the molecule is CC(C)N(C(=O)c1csc(-c2ncccn2)n1)c1ccc(Nc2ccccc2)cc1. The second kappa shape index (κ2) is 8.84. The number of aromatic nitrogens is 3. The first-order valence-corrected chi connectivity index (χ1v) is 10.5. The van der Waals surface area contributed by atoms with E-state index in [4.69, 9.17) is 0 Å². The third kappa shape index (κ3) is 4.36. The maximum absolute atomic E-state index is 13.2. The molecule has 4 aromatic rings. The predicted octanol–water partition coefficient (Wildman–Crippen LogP) is 5.40. The van der Waals surface area contributed by atoms with Gasteiger partial charge in [-0.3, -0.25) is 4.79 Å². The second-order valence-electron chi connectivity index (χ2n) is 6.92. The average Bonchev–Trinajstić information content (AvgIpc) is 3.27. The van der Waals surface area contributed by atoms with Crippen molar-refractivity contribution in [1.29, 1.82) is 0 Å². The lowest BCUT2D eigenvalue weighted by atomic mass is 10.2. The Morgan fingerprint density at radius 3 is 2.27 bits per heavy atom. The number of nitrogens with zero attached hydrogens (tertiary/aromatic N) is 4. The lowest BCUT2D eigenvalue weighted by Crippen LogP contribution is -2.37. The lowest BCUT2D eigenvalue weighted by molar-refractivity contribution is 0.0976. The zero-order chi connectivity index (χ0) is 20.9. The highest BCUT2D eigenvalue weighted by Crippen LogP contribution is 2.26. The average molecular weight is 416 g/mol. The van der Waals surface area contributed by atoms with Crippen molar-refractivity contribution in [2.24, 2.45) is 0 Å². The van der Waals surface area contributed by atoms with E-state index in [1.807, 2.05) is 68.4 Å². The largest absolute Gasteiger partial charge is 0.356 e. The van der Waals surface area contributed by atoms with Gasteiger partial charge in [0.05, 0.1) is 0 Å². The highest BCUT2D eigenvalue weighted by atomic mass is 32.1. The summed E-state index contributed by atoms with van der Waals surface area (Å²) in [5.41, 5.74) is 3.18. The number of amides is 1. The zero-order valence-corrected chi connectivity index (χ0v) is 17.5. The molecule has 1 amide bonds. The van der Waals surface area contributed by atoms with E-state index in [0.29, 0.717) is 16.5 Å². The molecule has 150 valence electrons. The maximum atomic E-state index is 13.2. The Kier molecular flexibility index (Phi) is 5.81. The molecule has 0 aliphatic carbocycles. The van der Waals surface area contributed by atoms with E-state index in [0.717, 1.165) is 17.1 Å². The van der Waals surface area contributed by atoms with Gasteiger partial charge in [0.2, 0.25) is 0 Å². The van der Waals surface area contributed by atoms with Crippen LogP contribution < -0.4 is 10.2 Å². The summed E-state index contributed by atoms with van der Waals surface area (Å²) in [6.45, 7) is 3.98. The van der Waals surface area contributed by atoms with E-state index in [2.05, 4.69) is 20.3 Å². The Hall–Kier alpha value is -3.58. The molecule has 7 heteroatoms. The molecule has 30 heavy (non-hydrogen) atoms. The smallest absolute Gasteiger partial charge is 0.278 e. The van der Waals surface area contributed by atoms with Gasteiger partial charge >= 0.3 is 0 Å². The van der Waals surface area contributed by atoms with Gasteiger partial charge in [0, 0.05) is 40.9 Å². The van der Waals surface area contributed by atoms with E-state index in [1.165, 1.54) is 11.3 Å². The highest BCUT2D eigenvalue weighted by Gasteiger charge is 2.23. The minimum Gasteiger partial charge on any atom is -0.356 e. The Balaban J connectivity index is 1.55. The van der Waals surface area contributed by atoms with Crippen molar-refractivity contribution >= 4 is 34.3 Å². The summed E-state index contributed by atoms with van der Waals surface area (Å²) < 4.78 is 0. The number of rotatable bonds is 6. The Bertz CT molecular complexity index is 1110. The monoisotopic (exact) mass is 415 g/mol. The van der Waals surface area contributed by atoms with E-state index < -0.39 is 0 Å². The normalized spacial score (nSPS) is 10.8. The summed E-state index contributed by atoms with van der Waals surface area (Å²) in [5, 5.41) is 5.74. The third-order valence-corrected chi connectivity index (χ3v) is 5.26. The van der Waals surface area contributed by atoms with Gasteiger partial charge in [-0.1, -0.05) is 18.2 Å². The van der Waals surface area contributed by atoms with Gasteiger partial charge in [-0.15, -0.1) is 11.3 Å². The first-order valence-electron chi connectivity index (χ1n) is 9.60. The molecule has 0 fully saturated rings. The van der Waals surface area contributed by atoms with Crippen LogP contribution in [0.25, 0.3) is 10.8 Å². The molecule has 0 aliphatic heterocycles. The van der Waals surface area contributed by atoms with Crippen molar-refractivity contribution < 1.29 is 4.79 Å². The number of carbonyl (C=O) groups excluding carboxylic acids is 1. The summed E-state index contributed by atoms with van der Waals surface area (Å²) in [6, 6.07) is 19.5. The Morgan fingerprint density at radius 2 is 1.60 bits per heavy atom. The summed E-state index contributed by atoms with van der Waals surface area (Å²) in [4.78, 5) is 27.9. The predicted molar refractivity (Wildman–Crippen MR) is 121 cm³/mol. The maximum Gasteiger partial charge on any atom is 0.278 e. The summed E-state index contributed by atoms with van der Waals surface area (Å²) >= 11 is 1.37. The van der Waals surface area contributed by atoms with Crippen LogP contribution in [-0.2, 0) is 0 Å². The van der Waals surface area contributed by atoms with Gasteiger partial charge in [0.25, 0.3) is 5.91 Å². The summed E-state index contributed by atoms with van der Waals surface area (Å²) in [5.74, 6) is 0.376. The van der Waals surface area contributed by atoms with Crippen molar-refractivity contribution in [2.45, 2.75) is 19.9 Å². The molecule has 0 spiro atoms. The standard InChI is InChI=1S/C23H21N5OS/c1-16(2)28(19-11-9-18(10-12-19)26-17-7-4-3-5-8-17)23(29)20-15-30-22(27-20)21-24-13-6-14-25-21/h3-16,26H,1-2H3. The highest BCUT2D eigenvalue weighted by molar-refractivity contribution is 7.13. The van der Waals surface area contributed by atoms with Crippen molar-refractivity contribution in [2.75, 3.05) is 10.2 Å². The number of hydrogen-bond acceptors (Lipinski definition) is 6. The van der Waals surface area contributed by atoms with Crippen molar-refractivity contribution in [3.05, 3.63) is 84.1 Å². The van der Waals surface area contributed by atoms with Crippen LogP contribution in [0.2, 0.25) is 0 Å². The molecular weight excluding hydrogens is 394 g/mol. The van der Waals surface area contributed by atoms with E-state index >= 15 is 0 Å². The molecule has 0 atom stereocenters. The third-order valence-electron chi connectivity index (χ3n) is 4.42. The summed E-state index contributed by atoms with van der Waals surface area (Å²) in [7, 11) is 0. The molecular formula is C23H21N5OS. The number of anilines is 3. The van der Waals surface area contributed by atoms with Crippen molar-refractivity contribution in [3.8, 4) is 10.8 Å². The van der Waals surface area contributed by atoms with Crippen LogP contribution in [0.5, 0.6) is 0 Å². The van der Waals surface area contributed by atoms with Crippen LogP contribution in [0.15, 0.2) is 78.4 Å². The molecule has 0 saturated heterocycles. The summed E-state index contributed by atoms with van der Waals surface area (Å²) in [6.07, 6.45) is 3.33. The number of thiazole rings is 1. The number of para-hydroxylation sites is 1. The van der Waals surface area contributed by atoms with Crippen LogP contribution >= 0.6 is 11.3 Å². The second-order valence-corrected chi connectivity index (χ2v) is 7.78. The van der Waals surface area contributed by atoms with Gasteiger partial charge in [-0.25, -0.2) is 15.0 Å². The molecule has 6 nitrogen and oxygen atoms in total. The van der Waals surface area contributed by atoms with Gasteiger partial charge in [0.1, 0.15) is 5.69 Å². The van der Waals surface area contributed by atoms with Crippen LogP contribution in [0, 0.1) is 0 Å². The number of benzene rings is 2. The minimum atomic E-state index is -0.146. The fraction of sp³-hybridized carbons (Fsp3) is 0.130. The molecule has 2 heterocycles. The van der Waals surface area contributed by atoms with Crippen molar-refractivity contribution in [3.63, 3.8) is 0 Å². The Labute approximate surface area is 179 Å². The van der Waals surface area contributed by atoms with Gasteiger partial charge in [0.15, 0.2) is 10.8 Å². The molecule has 1 N–H and O–H groups in total. The molecule has 0 unspecified atom stereocenters. The minimum absolute atomic E-state index is 0.0245. The number of hydrogen-bond donors (Lipinski definition) is 1. The zero-order valence-electron chi connectivity index (χ0n) is 16.7. The van der Waals surface area contributed by atoms with Crippen molar-refractivity contribution in [1.82, 2.24) is 15.0 Å². The fourth-order valence-electron chi connectivity index (χ4n) is 3.05. The van der Waals surface area contributed by atoms with Gasteiger partial charge in [-0.05, 0) is 56.3 Å². The molecule has 0 aliphatic rings. The lowest BCUT2D eigenvalue weighted by Gasteiger charge is -2.26.